The predicted molar refractivity (Wildman–Crippen MR) is 132 cm³/mol. The highest BCUT2D eigenvalue weighted by Gasteiger charge is 1.93. The smallest absolute Gasteiger partial charge is 0.0175 e. The fraction of sp³-hybridized carbons (Fsp3) is 0.0400. The molecule has 0 aliphatic carbocycles. The number of thiol groups is 1. The minimum atomic E-state index is 0. The molecule has 0 fully saturated rings. The highest BCUT2D eigenvalue weighted by Crippen LogP contribution is 2.26. The van der Waals surface area contributed by atoms with Gasteiger partial charge in [-0.15, -0.1) is 12.6 Å². The number of halogens is 1. The lowest BCUT2D eigenvalue weighted by Crippen LogP contribution is -1.70. The van der Waals surface area contributed by atoms with Crippen molar-refractivity contribution in [1.29, 1.82) is 0 Å². The number of hydrogen-bond acceptors (Lipinski definition) is 2. The average Bonchev–Trinajstić information content (AvgIpc) is 2.72. The molecular weight excluding hydrogens is 444 g/mol. The van der Waals surface area contributed by atoms with E-state index in [0.717, 1.165) is 9.37 Å². The van der Waals surface area contributed by atoms with Crippen LogP contribution in [0.15, 0.2) is 140 Å². The molecular formula is C25H25BrS2. The lowest BCUT2D eigenvalue weighted by molar-refractivity contribution is 1.41. The van der Waals surface area contributed by atoms with Crippen LogP contribution in [0.5, 0.6) is 0 Å². The third-order valence-corrected chi connectivity index (χ3v) is 5.05. The second kappa shape index (κ2) is 15.0. The largest absolute Gasteiger partial charge is 0.143 e. The number of rotatable bonds is 2. The normalized spacial score (nSPS) is 8.93. The predicted octanol–water partition coefficient (Wildman–Crippen LogP) is 8.90. The van der Waals surface area contributed by atoms with Crippen LogP contribution in [-0.4, -0.2) is 0 Å². The van der Waals surface area contributed by atoms with E-state index in [-0.39, 0.29) is 7.43 Å². The maximum atomic E-state index is 4.08. The molecule has 0 saturated heterocycles. The van der Waals surface area contributed by atoms with Gasteiger partial charge in [0.15, 0.2) is 0 Å². The van der Waals surface area contributed by atoms with Gasteiger partial charge in [-0.1, -0.05) is 108 Å². The number of benzene rings is 4. The quantitative estimate of drug-likeness (QED) is 0.286. The second-order valence-corrected chi connectivity index (χ2v) is 7.94. The third kappa shape index (κ3) is 11.0. The highest BCUT2D eigenvalue weighted by atomic mass is 79.9. The van der Waals surface area contributed by atoms with Crippen LogP contribution in [0.1, 0.15) is 7.43 Å². The SMILES string of the molecule is Brc1ccccc1.C.Sc1ccccc1.c1ccc(Sc2ccccc2)cc1. The monoisotopic (exact) mass is 468 g/mol. The molecule has 0 aliphatic rings. The molecule has 0 heterocycles. The topological polar surface area (TPSA) is 0 Å². The first-order chi connectivity index (χ1) is 13.2. The van der Waals surface area contributed by atoms with E-state index >= 15 is 0 Å². The van der Waals surface area contributed by atoms with Gasteiger partial charge in [0, 0.05) is 19.2 Å². The summed E-state index contributed by atoms with van der Waals surface area (Å²) < 4.78 is 1.13. The van der Waals surface area contributed by atoms with Crippen molar-refractivity contribution < 1.29 is 0 Å². The van der Waals surface area contributed by atoms with E-state index < -0.39 is 0 Å². The molecule has 0 spiro atoms. The molecule has 0 nitrogen and oxygen atoms in total. The number of hydrogen-bond donors (Lipinski definition) is 1. The lowest BCUT2D eigenvalue weighted by atomic mass is 10.4. The van der Waals surface area contributed by atoms with Crippen LogP contribution in [0, 0.1) is 0 Å². The average molecular weight is 470 g/mol. The van der Waals surface area contributed by atoms with Crippen molar-refractivity contribution in [2.45, 2.75) is 22.1 Å². The molecule has 0 aromatic heterocycles. The van der Waals surface area contributed by atoms with Crippen molar-refractivity contribution in [2.24, 2.45) is 0 Å². The van der Waals surface area contributed by atoms with E-state index in [1.165, 1.54) is 9.79 Å². The molecule has 3 heteroatoms. The molecule has 0 aliphatic heterocycles. The van der Waals surface area contributed by atoms with E-state index in [2.05, 4.69) is 77.1 Å². The maximum Gasteiger partial charge on any atom is 0.0175 e. The summed E-state index contributed by atoms with van der Waals surface area (Å²) in [5.41, 5.74) is 0. The summed E-state index contributed by atoms with van der Waals surface area (Å²) >= 11 is 9.18. The van der Waals surface area contributed by atoms with Crippen LogP contribution in [0.25, 0.3) is 0 Å². The Bertz CT molecular complexity index is 777. The molecule has 144 valence electrons. The van der Waals surface area contributed by atoms with Gasteiger partial charge in [-0.2, -0.15) is 0 Å². The molecule has 0 radical (unpaired) electrons. The summed E-state index contributed by atoms with van der Waals surface area (Å²) in [7, 11) is 0. The van der Waals surface area contributed by atoms with E-state index in [0.29, 0.717) is 0 Å². The van der Waals surface area contributed by atoms with Gasteiger partial charge in [0.2, 0.25) is 0 Å². The Morgan fingerprint density at radius 3 is 1.07 bits per heavy atom. The van der Waals surface area contributed by atoms with Gasteiger partial charge in [-0.3, -0.25) is 0 Å². The van der Waals surface area contributed by atoms with Crippen molar-refractivity contribution in [1.82, 2.24) is 0 Å². The minimum absolute atomic E-state index is 0. The third-order valence-electron chi connectivity index (χ3n) is 3.21. The Kier molecular flexibility index (Phi) is 12.9. The summed E-state index contributed by atoms with van der Waals surface area (Å²) in [5, 5.41) is 0. The Balaban J connectivity index is 0.000000224. The van der Waals surface area contributed by atoms with Gasteiger partial charge in [0.05, 0.1) is 0 Å². The van der Waals surface area contributed by atoms with Crippen molar-refractivity contribution in [3.8, 4) is 0 Å². The van der Waals surface area contributed by atoms with Gasteiger partial charge in [-0.25, -0.2) is 0 Å². The van der Waals surface area contributed by atoms with Crippen LogP contribution in [0.2, 0.25) is 0 Å². The van der Waals surface area contributed by atoms with Gasteiger partial charge >= 0.3 is 0 Å². The van der Waals surface area contributed by atoms with Crippen molar-refractivity contribution >= 4 is 40.3 Å². The van der Waals surface area contributed by atoms with E-state index in [9.17, 15) is 0 Å². The summed E-state index contributed by atoms with van der Waals surface area (Å²) in [6.07, 6.45) is 0. The fourth-order valence-corrected chi connectivity index (χ4v) is 3.29. The van der Waals surface area contributed by atoms with Crippen molar-refractivity contribution in [2.75, 3.05) is 0 Å². The first kappa shape index (κ1) is 24.1. The van der Waals surface area contributed by atoms with Crippen LogP contribution >= 0.6 is 40.3 Å². The molecule has 0 bridgehead atoms. The Morgan fingerprint density at radius 2 is 0.821 bits per heavy atom. The molecule has 4 aromatic rings. The van der Waals surface area contributed by atoms with Crippen LogP contribution in [-0.2, 0) is 0 Å². The maximum absolute atomic E-state index is 4.08. The van der Waals surface area contributed by atoms with Crippen LogP contribution in [0.4, 0.5) is 0 Å². The zero-order chi connectivity index (χ0) is 19.2. The fourth-order valence-electron chi connectivity index (χ4n) is 1.96. The Hall–Kier alpha value is -1.94. The molecule has 4 aromatic carbocycles. The molecule has 0 saturated carbocycles. The molecule has 0 unspecified atom stereocenters. The summed E-state index contributed by atoms with van der Waals surface area (Å²) in [5.74, 6) is 0. The first-order valence-electron chi connectivity index (χ1n) is 8.46. The van der Waals surface area contributed by atoms with Crippen molar-refractivity contribution in [3.63, 3.8) is 0 Å². The van der Waals surface area contributed by atoms with Gasteiger partial charge < -0.3 is 0 Å². The molecule has 4 rings (SSSR count). The molecule has 0 amide bonds. The highest BCUT2D eigenvalue weighted by molar-refractivity contribution is 9.10. The van der Waals surface area contributed by atoms with Gasteiger partial charge in [0.25, 0.3) is 0 Å². The molecule has 0 atom stereocenters. The zero-order valence-electron chi connectivity index (χ0n) is 14.8. The minimum Gasteiger partial charge on any atom is -0.143 e. The molecule has 0 N–H and O–H groups in total. The van der Waals surface area contributed by atoms with Gasteiger partial charge in [0.1, 0.15) is 0 Å². The van der Waals surface area contributed by atoms with Crippen LogP contribution < -0.4 is 0 Å². The van der Waals surface area contributed by atoms with E-state index in [1.807, 2.05) is 72.8 Å². The lowest BCUT2D eigenvalue weighted by Gasteiger charge is -1.99. The zero-order valence-corrected chi connectivity index (χ0v) is 18.1. The van der Waals surface area contributed by atoms with E-state index in [1.54, 1.807) is 11.8 Å². The second-order valence-electron chi connectivity index (χ2n) is 5.36. The van der Waals surface area contributed by atoms with Gasteiger partial charge in [-0.05, 0) is 48.5 Å². The Morgan fingerprint density at radius 1 is 0.500 bits per heavy atom. The van der Waals surface area contributed by atoms with Crippen LogP contribution in [0.3, 0.4) is 0 Å². The standard InChI is InChI=1S/C12H10S.C6H5Br.C6H6S.CH4/c1-3-7-11(8-4-1)13-12-9-5-2-6-10-12;2*7-6-4-2-1-3-5-6;/h1-10H;1-5H;1-5,7H;1H4. The summed E-state index contributed by atoms with van der Waals surface area (Å²) in [6.45, 7) is 0. The summed E-state index contributed by atoms with van der Waals surface area (Å²) in [6, 6.07) is 40.6. The van der Waals surface area contributed by atoms with Crippen molar-refractivity contribution in [3.05, 3.63) is 126 Å². The van der Waals surface area contributed by atoms with E-state index in [4.69, 9.17) is 0 Å². The summed E-state index contributed by atoms with van der Waals surface area (Å²) in [4.78, 5) is 3.59. The Labute approximate surface area is 187 Å². The first-order valence-corrected chi connectivity index (χ1v) is 10.5. The molecule has 28 heavy (non-hydrogen) atoms.